The van der Waals surface area contributed by atoms with Crippen LogP contribution < -0.4 is 15.4 Å². The van der Waals surface area contributed by atoms with Crippen LogP contribution in [0.1, 0.15) is 40.2 Å². The lowest BCUT2D eigenvalue weighted by molar-refractivity contribution is -0.160. The van der Waals surface area contributed by atoms with Crippen LogP contribution in [0.25, 0.3) is 0 Å². The molecule has 7 nitrogen and oxygen atoms in total. The molecule has 0 fully saturated rings. The van der Waals surface area contributed by atoms with E-state index in [4.69, 9.17) is 9.47 Å². The fourth-order valence-electron chi connectivity index (χ4n) is 1.89. The maximum atomic E-state index is 12.0. The highest BCUT2D eigenvalue weighted by Crippen LogP contribution is 2.24. The van der Waals surface area contributed by atoms with Gasteiger partial charge < -0.3 is 14.8 Å². The van der Waals surface area contributed by atoms with E-state index in [1.165, 1.54) is 20.9 Å². The summed E-state index contributed by atoms with van der Waals surface area (Å²) in [6, 6.07) is 6.77. The second-order valence-electron chi connectivity index (χ2n) is 6.68. The zero-order valence-electron chi connectivity index (χ0n) is 15.5. The van der Waals surface area contributed by atoms with Gasteiger partial charge in [0.1, 0.15) is 5.75 Å². The first-order valence-electron chi connectivity index (χ1n) is 8.05. The van der Waals surface area contributed by atoms with Crippen LogP contribution in [0.2, 0.25) is 0 Å². The molecule has 0 aliphatic heterocycles. The molecule has 1 aromatic carbocycles. The van der Waals surface area contributed by atoms with Gasteiger partial charge in [0.2, 0.25) is 0 Å². The van der Waals surface area contributed by atoms with Crippen molar-refractivity contribution in [1.82, 2.24) is 10.6 Å². The Morgan fingerprint density at radius 2 is 1.56 bits per heavy atom. The van der Waals surface area contributed by atoms with Crippen LogP contribution >= 0.6 is 0 Å². The molecule has 0 aliphatic carbocycles. The summed E-state index contributed by atoms with van der Waals surface area (Å²) >= 11 is 0. The van der Waals surface area contributed by atoms with E-state index in [0.29, 0.717) is 5.75 Å². The summed E-state index contributed by atoms with van der Waals surface area (Å²) in [6.45, 7) is 9.22. The van der Waals surface area contributed by atoms with E-state index in [9.17, 15) is 14.4 Å². The minimum absolute atomic E-state index is 0.0245. The van der Waals surface area contributed by atoms with E-state index in [1.54, 1.807) is 12.1 Å². The van der Waals surface area contributed by atoms with Gasteiger partial charge in [0.25, 0.3) is 5.91 Å². The normalized spacial score (nSPS) is 13.4. The van der Waals surface area contributed by atoms with E-state index in [0.717, 1.165) is 5.56 Å². The molecule has 0 unspecified atom stereocenters. The van der Waals surface area contributed by atoms with Crippen molar-refractivity contribution in [3.63, 3.8) is 0 Å². The van der Waals surface area contributed by atoms with Crippen molar-refractivity contribution in [3.8, 4) is 5.75 Å². The standard InChI is InChI=1S/C18H26N2O5/c1-11(15(21)20-17(23)19-6)25-16(22)12(2)24-14-9-7-13(8-10-14)18(3,4)5/h7-12H,1-6H3,(H2,19,20,21,23)/t11-,12-/m1/s1. The number of carbonyl (C=O) groups excluding carboxylic acids is 3. The molecule has 25 heavy (non-hydrogen) atoms. The number of hydrogen-bond donors (Lipinski definition) is 2. The quantitative estimate of drug-likeness (QED) is 0.794. The molecule has 7 heteroatoms. The molecule has 0 saturated carbocycles. The first-order valence-corrected chi connectivity index (χ1v) is 8.05. The van der Waals surface area contributed by atoms with Crippen molar-refractivity contribution in [2.24, 2.45) is 0 Å². The Bertz CT molecular complexity index is 619. The van der Waals surface area contributed by atoms with Gasteiger partial charge >= 0.3 is 12.0 Å². The number of ether oxygens (including phenoxy) is 2. The summed E-state index contributed by atoms with van der Waals surface area (Å²) < 4.78 is 10.6. The van der Waals surface area contributed by atoms with Crippen LogP contribution in [0.5, 0.6) is 5.75 Å². The largest absolute Gasteiger partial charge is 0.479 e. The van der Waals surface area contributed by atoms with Crippen LogP contribution in [0.15, 0.2) is 24.3 Å². The maximum Gasteiger partial charge on any atom is 0.347 e. The van der Waals surface area contributed by atoms with Gasteiger partial charge in [0.15, 0.2) is 12.2 Å². The predicted molar refractivity (Wildman–Crippen MR) is 93.4 cm³/mol. The molecule has 0 aromatic heterocycles. The van der Waals surface area contributed by atoms with Gasteiger partial charge in [-0.1, -0.05) is 32.9 Å². The average Bonchev–Trinajstić information content (AvgIpc) is 2.54. The Morgan fingerprint density at radius 1 is 1.00 bits per heavy atom. The lowest BCUT2D eigenvalue weighted by Crippen LogP contribution is -2.44. The van der Waals surface area contributed by atoms with Crippen molar-refractivity contribution in [2.45, 2.75) is 52.2 Å². The molecule has 0 aliphatic rings. The zero-order valence-corrected chi connectivity index (χ0v) is 15.5. The molecule has 0 spiro atoms. The molecular weight excluding hydrogens is 324 g/mol. The van der Waals surface area contributed by atoms with Crippen molar-refractivity contribution in [3.05, 3.63) is 29.8 Å². The highest BCUT2D eigenvalue weighted by molar-refractivity contribution is 5.97. The highest BCUT2D eigenvalue weighted by atomic mass is 16.6. The van der Waals surface area contributed by atoms with Crippen molar-refractivity contribution >= 4 is 17.9 Å². The van der Waals surface area contributed by atoms with Crippen LogP contribution in [0.4, 0.5) is 4.79 Å². The molecule has 2 N–H and O–H groups in total. The minimum atomic E-state index is -1.11. The van der Waals surface area contributed by atoms with Gasteiger partial charge in [0.05, 0.1) is 0 Å². The topological polar surface area (TPSA) is 93.7 Å². The molecule has 1 aromatic rings. The smallest absolute Gasteiger partial charge is 0.347 e. The molecule has 0 radical (unpaired) electrons. The number of imide groups is 1. The molecule has 3 amide bonds. The third-order valence-electron chi connectivity index (χ3n) is 3.49. The number of amides is 3. The third kappa shape index (κ3) is 6.45. The van der Waals surface area contributed by atoms with Crippen molar-refractivity contribution in [1.29, 1.82) is 0 Å². The Kier molecular flexibility index (Phi) is 6.97. The van der Waals surface area contributed by atoms with Crippen LogP contribution in [0.3, 0.4) is 0 Å². The predicted octanol–water partition coefficient (Wildman–Crippen LogP) is 2.14. The fraction of sp³-hybridized carbons (Fsp3) is 0.500. The molecule has 0 heterocycles. The van der Waals surface area contributed by atoms with E-state index in [2.05, 4.69) is 26.1 Å². The molecule has 1 rings (SSSR count). The number of carbonyl (C=O) groups is 3. The van der Waals surface area contributed by atoms with Gasteiger partial charge in [-0.3, -0.25) is 10.1 Å². The Hall–Kier alpha value is -2.57. The number of benzene rings is 1. The number of esters is 1. The number of nitrogens with one attached hydrogen (secondary N) is 2. The Balaban J connectivity index is 2.59. The summed E-state index contributed by atoms with van der Waals surface area (Å²) in [5.41, 5.74) is 1.17. The fourth-order valence-corrected chi connectivity index (χ4v) is 1.89. The Labute approximate surface area is 148 Å². The van der Waals surface area contributed by atoms with Crippen molar-refractivity contribution in [2.75, 3.05) is 7.05 Å². The van der Waals surface area contributed by atoms with Gasteiger partial charge in [-0.05, 0) is 37.0 Å². The second kappa shape index (κ2) is 8.50. The van der Waals surface area contributed by atoms with E-state index < -0.39 is 30.1 Å². The van der Waals surface area contributed by atoms with Gasteiger partial charge in [-0.15, -0.1) is 0 Å². The molecule has 0 saturated heterocycles. The van der Waals surface area contributed by atoms with Crippen LogP contribution in [-0.2, 0) is 19.7 Å². The number of hydrogen-bond acceptors (Lipinski definition) is 5. The summed E-state index contributed by atoms with van der Waals surface area (Å²) in [7, 11) is 1.38. The monoisotopic (exact) mass is 350 g/mol. The molecular formula is C18H26N2O5. The molecule has 138 valence electrons. The number of rotatable bonds is 5. The van der Waals surface area contributed by atoms with Gasteiger partial charge in [-0.2, -0.15) is 0 Å². The SMILES string of the molecule is CNC(=O)NC(=O)[C@@H](C)OC(=O)[C@@H](C)Oc1ccc(C(C)(C)C)cc1. The third-order valence-corrected chi connectivity index (χ3v) is 3.49. The Morgan fingerprint density at radius 3 is 2.04 bits per heavy atom. The van der Waals surface area contributed by atoms with Crippen LogP contribution in [0, 0.1) is 0 Å². The van der Waals surface area contributed by atoms with Gasteiger partial charge in [0, 0.05) is 7.05 Å². The first-order chi connectivity index (χ1) is 11.5. The van der Waals surface area contributed by atoms with E-state index >= 15 is 0 Å². The average molecular weight is 350 g/mol. The number of urea groups is 1. The lowest BCUT2D eigenvalue weighted by Gasteiger charge is -2.20. The highest BCUT2D eigenvalue weighted by Gasteiger charge is 2.24. The first kappa shape index (κ1) is 20.5. The van der Waals surface area contributed by atoms with Gasteiger partial charge in [-0.25, -0.2) is 9.59 Å². The summed E-state index contributed by atoms with van der Waals surface area (Å²) in [6.07, 6.45) is -2.00. The minimum Gasteiger partial charge on any atom is -0.479 e. The maximum absolute atomic E-state index is 12.0. The molecule has 0 bridgehead atoms. The van der Waals surface area contributed by atoms with E-state index in [-0.39, 0.29) is 5.41 Å². The summed E-state index contributed by atoms with van der Waals surface area (Å²) in [4.78, 5) is 34.8. The van der Waals surface area contributed by atoms with Crippen molar-refractivity contribution < 1.29 is 23.9 Å². The lowest BCUT2D eigenvalue weighted by atomic mass is 9.87. The zero-order chi connectivity index (χ0) is 19.2. The summed E-state index contributed by atoms with van der Waals surface area (Å²) in [5, 5.41) is 4.28. The molecule has 2 atom stereocenters. The van der Waals surface area contributed by atoms with Crippen LogP contribution in [-0.4, -0.2) is 37.2 Å². The second-order valence-corrected chi connectivity index (χ2v) is 6.68. The van der Waals surface area contributed by atoms with E-state index in [1.807, 2.05) is 17.4 Å². The summed E-state index contributed by atoms with van der Waals surface area (Å²) in [5.74, 6) is -0.881.